The summed E-state index contributed by atoms with van der Waals surface area (Å²) in [7, 11) is 0. The molecule has 3 saturated heterocycles. The molecule has 7 heteroatoms. The first kappa shape index (κ1) is 14.2. The van der Waals surface area contributed by atoms with E-state index in [-0.39, 0.29) is 11.9 Å². The zero-order valence-corrected chi connectivity index (χ0v) is 12.4. The maximum Gasteiger partial charge on any atom is 0.322 e. The molecule has 1 unspecified atom stereocenters. The van der Waals surface area contributed by atoms with Crippen molar-refractivity contribution in [3.05, 3.63) is 0 Å². The van der Waals surface area contributed by atoms with Gasteiger partial charge in [0.1, 0.15) is 5.54 Å². The molecule has 3 heterocycles. The Kier molecular flexibility index (Phi) is 3.51. The Morgan fingerprint density at radius 3 is 2.48 bits per heavy atom. The molecule has 1 spiro atoms. The van der Waals surface area contributed by atoms with Gasteiger partial charge >= 0.3 is 12.1 Å². The Morgan fingerprint density at radius 1 is 1.19 bits per heavy atom. The Bertz CT molecular complexity index is 471. The van der Waals surface area contributed by atoms with Gasteiger partial charge in [0.25, 0.3) is 5.91 Å². The largest absolute Gasteiger partial charge is 0.324 e. The number of imide groups is 1. The van der Waals surface area contributed by atoms with E-state index >= 15 is 0 Å². The van der Waals surface area contributed by atoms with E-state index < -0.39 is 11.6 Å². The molecule has 21 heavy (non-hydrogen) atoms. The number of nitrogens with one attached hydrogen (secondary N) is 2. The molecule has 0 radical (unpaired) electrons. The molecular formula is C14H22N4O3. The number of likely N-dealkylation sites (tertiary alicyclic amines) is 2. The summed E-state index contributed by atoms with van der Waals surface area (Å²) < 4.78 is 0. The summed E-state index contributed by atoms with van der Waals surface area (Å²) in [4.78, 5) is 39.4. The summed E-state index contributed by atoms with van der Waals surface area (Å²) in [6.07, 6.45) is 3.21. The van der Waals surface area contributed by atoms with Crippen molar-refractivity contribution >= 4 is 18.0 Å². The predicted molar refractivity (Wildman–Crippen MR) is 75.6 cm³/mol. The molecule has 3 aliphatic rings. The van der Waals surface area contributed by atoms with Crippen molar-refractivity contribution in [3.63, 3.8) is 0 Å². The molecule has 0 aromatic heterocycles. The third kappa shape index (κ3) is 2.56. The highest BCUT2D eigenvalue weighted by atomic mass is 16.2. The molecular weight excluding hydrogens is 272 g/mol. The minimum Gasteiger partial charge on any atom is -0.324 e. The van der Waals surface area contributed by atoms with E-state index in [9.17, 15) is 14.4 Å². The molecule has 116 valence electrons. The second kappa shape index (κ2) is 5.20. The van der Waals surface area contributed by atoms with Gasteiger partial charge in [-0.25, -0.2) is 9.59 Å². The third-order valence-corrected chi connectivity index (χ3v) is 4.83. The zero-order valence-electron chi connectivity index (χ0n) is 12.4. The fourth-order valence-corrected chi connectivity index (χ4v) is 3.52. The Labute approximate surface area is 124 Å². The molecule has 1 atom stereocenters. The maximum absolute atomic E-state index is 12.5. The Morgan fingerprint density at radius 2 is 1.90 bits per heavy atom. The quantitative estimate of drug-likeness (QED) is 0.639. The fourth-order valence-electron chi connectivity index (χ4n) is 3.52. The molecule has 0 aromatic carbocycles. The third-order valence-electron chi connectivity index (χ3n) is 4.83. The zero-order chi connectivity index (χ0) is 15.0. The van der Waals surface area contributed by atoms with Crippen LogP contribution in [0.25, 0.3) is 0 Å². The van der Waals surface area contributed by atoms with Crippen LogP contribution in [0.5, 0.6) is 0 Å². The van der Waals surface area contributed by atoms with Gasteiger partial charge in [0.2, 0.25) is 0 Å². The van der Waals surface area contributed by atoms with Crippen LogP contribution in [0.1, 0.15) is 32.6 Å². The molecule has 3 rings (SSSR count). The number of hydrogen-bond donors (Lipinski definition) is 2. The highest BCUT2D eigenvalue weighted by Gasteiger charge is 2.48. The van der Waals surface area contributed by atoms with Crippen LogP contribution in [0.3, 0.4) is 0 Å². The summed E-state index contributed by atoms with van der Waals surface area (Å²) in [6.45, 7) is 4.83. The van der Waals surface area contributed by atoms with Gasteiger partial charge in [-0.15, -0.1) is 0 Å². The van der Waals surface area contributed by atoms with Crippen LogP contribution in [-0.4, -0.2) is 59.5 Å². The summed E-state index contributed by atoms with van der Waals surface area (Å²) in [5, 5.41) is 5.00. The lowest BCUT2D eigenvalue weighted by molar-refractivity contribution is -0.125. The molecule has 0 bridgehead atoms. The SMILES string of the molecule is CC1CCCN(C(=O)N2CCC3(CC2)NC(=O)NC3=O)C1. The smallest absolute Gasteiger partial charge is 0.322 e. The van der Waals surface area contributed by atoms with Gasteiger partial charge in [0.15, 0.2) is 0 Å². The van der Waals surface area contributed by atoms with Crippen molar-refractivity contribution in [2.24, 2.45) is 5.92 Å². The van der Waals surface area contributed by atoms with E-state index in [0.29, 0.717) is 31.8 Å². The number of nitrogens with zero attached hydrogens (tertiary/aromatic N) is 2. The predicted octanol–water partition coefficient (Wildman–Crippen LogP) is 0.512. The molecule has 7 nitrogen and oxygen atoms in total. The minimum atomic E-state index is -0.803. The molecule has 5 amide bonds. The molecule has 2 N–H and O–H groups in total. The van der Waals surface area contributed by atoms with Crippen LogP contribution < -0.4 is 10.6 Å². The highest BCUT2D eigenvalue weighted by molar-refractivity contribution is 6.07. The number of amides is 5. The van der Waals surface area contributed by atoms with Crippen LogP contribution in [0.4, 0.5) is 9.59 Å². The average Bonchev–Trinajstić information content (AvgIpc) is 2.73. The Hall–Kier alpha value is -1.79. The van der Waals surface area contributed by atoms with E-state index in [1.807, 2.05) is 4.90 Å². The summed E-state index contributed by atoms with van der Waals surface area (Å²) in [5.74, 6) is 0.296. The van der Waals surface area contributed by atoms with Crippen LogP contribution in [0.15, 0.2) is 0 Å². The standard InChI is InChI=1S/C14H22N4O3/c1-10-3-2-6-18(9-10)13(21)17-7-4-14(5-8-17)11(19)15-12(20)16-14/h10H,2-9H2,1H3,(H2,15,16,19,20). The van der Waals surface area contributed by atoms with Crippen LogP contribution in [0.2, 0.25) is 0 Å². The van der Waals surface area contributed by atoms with Gasteiger partial charge in [0, 0.05) is 26.2 Å². The minimum absolute atomic E-state index is 0.0705. The van der Waals surface area contributed by atoms with E-state index in [1.165, 1.54) is 6.42 Å². The van der Waals surface area contributed by atoms with Crippen molar-refractivity contribution in [2.75, 3.05) is 26.2 Å². The first-order chi connectivity index (χ1) is 10.00. The fraction of sp³-hybridized carbons (Fsp3) is 0.786. The number of piperidine rings is 2. The van der Waals surface area contributed by atoms with E-state index in [0.717, 1.165) is 19.5 Å². The molecule has 0 aliphatic carbocycles. The van der Waals surface area contributed by atoms with Crippen molar-refractivity contribution in [1.82, 2.24) is 20.4 Å². The van der Waals surface area contributed by atoms with Crippen LogP contribution in [-0.2, 0) is 4.79 Å². The topological polar surface area (TPSA) is 81.8 Å². The number of hydrogen-bond acceptors (Lipinski definition) is 3. The highest BCUT2D eigenvalue weighted by Crippen LogP contribution is 2.27. The van der Waals surface area contributed by atoms with Gasteiger partial charge in [-0.1, -0.05) is 6.92 Å². The lowest BCUT2D eigenvalue weighted by Crippen LogP contribution is -2.58. The van der Waals surface area contributed by atoms with Gasteiger partial charge in [-0.3, -0.25) is 10.1 Å². The van der Waals surface area contributed by atoms with Gasteiger partial charge in [-0.05, 0) is 31.6 Å². The lowest BCUT2D eigenvalue weighted by atomic mass is 9.88. The van der Waals surface area contributed by atoms with E-state index in [2.05, 4.69) is 17.6 Å². The first-order valence-electron chi connectivity index (χ1n) is 7.68. The molecule has 0 saturated carbocycles. The molecule has 0 aromatic rings. The second-order valence-electron chi connectivity index (χ2n) is 6.45. The lowest BCUT2D eigenvalue weighted by Gasteiger charge is -2.40. The normalized spacial score (nSPS) is 28.5. The van der Waals surface area contributed by atoms with Crippen LogP contribution >= 0.6 is 0 Å². The van der Waals surface area contributed by atoms with Crippen molar-refractivity contribution in [1.29, 1.82) is 0 Å². The first-order valence-corrected chi connectivity index (χ1v) is 7.68. The average molecular weight is 294 g/mol. The summed E-state index contributed by atoms with van der Waals surface area (Å²) in [6, 6.07) is -0.356. The number of carbonyl (C=O) groups excluding carboxylic acids is 3. The monoisotopic (exact) mass is 294 g/mol. The molecule has 3 aliphatic heterocycles. The summed E-state index contributed by atoms with van der Waals surface area (Å²) >= 11 is 0. The van der Waals surface area contributed by atoms with E-state index in [1.54, 1.807) is 4.90 Å². The number of urea groups is 2. The van der Waals surface area contributed by atoms with Gasteiger partial charge < -0.3 is 15.1 Å². The summed E-state index contributed by atoms with van der Waals surface area (Å²) in [5.41, 5.74) is -0.803. The second-order valence-corrected chi connectivity index (χ2v) is 6.45. The van der Waals surface area contributed by atoms with E-state index in [4.69, 9.17) is 0 Å². The van der Waals surface area contributed by atoms with Gasteiger partial charge in [0.05, 0.1) is 0 Å². The Balaban J connectivity index is 1.59. The maximum atomic E-state index is 12.5. The van der Waals surface area contributed by atoms with Crippen molar-refractivity contribution in [2.45, 2.75) is 38.1 Å². The van der Waals surface area contributed by atoms with Gasteiger partial charge in [-0.2, -0.15) is 0 Å². The number of carbonyl (C=O) groups is 3. The van der Waals surface area contributed by atoms with Crippen LogP contribution in [0, 0.1) is 5.92 Å². The number of rotatable bonds is 0. The molecule has 3 fully saturated rings. The van der Waals surface area contributed by atoms with Crippen molar-refractivity contribution < 1.29 is 14.4 Å². The van der Waals surface area contributed by atoms with Crippen molar-refractivity contribution in [3.8, 4) is 0 Å².